The fourth-order valence-corrected chi connectivity index (χ4v) is 3.98. The molecule has 2 aromatic heterocycles. The van der Waals surface area contributed by atoms with E-state index in [1.807, 2.05) is 23.6 Å². The lowest BCUT2D eigenvalue weighted by Gasteiger charge is -2.07. The number of carbonyl (C=O) groups excluding carboxylic acids is 1. The third-order valence-electron chi connectivity index (χ3n) is 4.98. The lowest BCUT2D eigenvalue weighted by molar-refractivity contribution is -0.116. The first kappa shape index (κ1) is 20.9. The van der Waals surface area contributed by atoms with Crippen LogP contribution in [0.2, 0.25) is 0 Å². The Morgan fingerprint density at radius 3 is 2.74 bits per heavy atom. The molecule has 0 saturated heterocycles. The number of hydrogen-bond acceptors (Lipinski definition) is 6. The second kappa shape index (κ2) is 9.22. The Kier molecular flexibility index (Phi) is 6.22. The molecule has 4 rings (SSSR count). The van der Waals surface area contributed by atoms with Crippen LogP contribution in [0.15, 0.2) is 46.6 Å². The maximum Gasteiger partial charge on any atom is 0.346 e. The summed E-state index contributed by atoms with van der Waals surface area (Å²) in [5, 5.41) is 9.30. The fraction of sp³-hybridized carbons (Fsp3) is 0.318. The highest BCUT2D eigenvalue weighted by molar-refractivity contribution is 7.13. The van der Waals surface area contributed by atoms with Crippen LogP contribution >= 0.6 is 11.3 Å². The Bertz CT molecular complexity index is 1140. The van der Waals surface area contributed by atoms with Gasteiger partial charge >= 0.3 is 5.69 Å². The zero-order valence-electron chi connectivity index (χ0n) is 17.4. The number of carbonyl (C=O) groups is 1. The third kappa shape index (κ3) is 4.72. The molecule has 0 spiro atoms. The van der Waals surface area contributed by atoms with Crippen LogP contribution in [0.4, 0.5) is 0 Å². The molecule has 1 N–H and O–H groups in total. The first-order valence-electron chi connectivity index (χ1n) is 10.0. The van der Waals surface area contributed by atoms with Crippen LogP contribution in [-0.4, -0.2) is 41.0 Å². The minimum Gasteiger partial charge on any atom is -0.493 e. The SMILES string of the molecule is COc1ccc(C=CC(=O)NCCn2nc(-c3cccs3)n(C3CC3)c2=O)cc1OC. The Labute approximate surface area is 183 Å². The molecule has 2 heterocycles. The number of nitrogens with zero attached hydrogens (tertiary/aromatic N) is 3. The normalized spacial score (nSPS) is 13.5. The van der Waals surface area contributed by atoms with Gasteiger partial charge in [0, 0.05) is 18.7 Å². The number of rotatable bonds is 9. The van der Waals surface area contributed by atoms with Gasteiger partial charge in [0.05, 0.1) is 25.6 Å². The summed E-state index contributed by atoms with van der Waals surface area (Å²) < 4.78 is 13.7. The van der Waals surface area contributed by atoms with E-state index in [0.717, 1.165) is 23.3 Å². The van der Waals surface area contributed by atoms with Crippen LogP contribution in [0.1, 0.15) is 24.4 Å². The van der Waals surface area contributed by atoms with Crippen molar-refractivity contribution in [2.75, 3.05) is 20.8 Å². The van der Waals surface area contributed by atoms with Crippen molar-refractivity contribution < 1.29 is 14.3 Å². The number of thiophene rings is 1. The highest BCUT2D eigenvalue weighted by Crippen LogP contribution is 2.37. The van der Waals surface area contributed by atoms with Gasteiger partial charge in [-0.3, -0.25) is 9.36 Å². The summed E-state index contributed by atoms with van der Waals surface area (Å²) in [5.41, 5.74) is 0.689. The zero-order chi connectivity index (χ0) is 21.8. The second-order valence-corrected chi connectivity index (χ2v) is 8.09. The topological polar surface area (TPSA) is 87.4 Å². The van der Waals surface area contributed by atoms with Crippen LogP contribution < -0.4 is 20.5 Å². The van der Waals surface area contributed by atoms with Crippen molar-refractivity contribution in [1.29, 1.82) is 0 Å². The van der Waals surface area contributed by atoms with E-state index in [-0.39, 0.29) is 17.6 Å². The second-order valence-electron chi connectivity index (χ2n) is 7.15. The predicted octanol–water partition coefficient (Wildman–Crippen LogP) is 2.96. The van der Waals surface area contributed by atoms with E-state index in [1.165, 1.54) is 10.8 Å². The number of amides is 1. The maximum atomic E-state index is 12.8. The van der Waals surface area contributed by atoms with Crippen LogP contribution in [0.25, 0.3) is 16.8 Å². The van der Waals surface area contributed by atoms with Crippen molar-refractivity contribution in [3.63, 3.8) is 0 Å². The van der Waals surface area contributed by atoms with Gasteiger partial charge in [-0.25, -0.2) is 9.48 Å². The quantitative estimate of drug-likeness (QED) is 0.517. The number of methoxy groups -OCH3 is 2. The Hall–Kier alpha value is -3.33. The highest BCUT2D eigenvalue weighted by Gasteiger charge is 2.30. The largest absolute Gasteiger partial charge is 0.493 e. The summed E-state index contributed by atoms with van der Waals surface area (Å²) >= 11 is 1.56. The minimum atomic E-state index is -0.247. The standard InChI is InChI=1S/C22H24N4O4S/c1-29-17-9-5-15(14-18(17)30-2)6-10-20(27)23-11-12-25-22(28)26(16-7-8-16)21(24-25)19-4-3-13-31-19/h3-6,9-10,13-14,16H,7-8,11-12H2,1-2H3,(H,23,27). The molecular formula is C22H24N4O4S. The molecule has 1 aliphatic rings. The van der Waals surface area contributed by atoms with Crippen LogP contribution in [0, 0.1) is 0 Å². The lowest BCUT2D eigenvalue weighted by Crippen LogP contribution is -2.31. The van der Waals surface area contributed by atoms with Crippen molar-refractivity contribution in [2.24, 2.45) is 0 Å². The number of nitrogens with one attached hydrogen (secondary N) is 1. The third-order valence-corrected chi connectivity index (χ3v) is 5.85. The Morgan fingerprint density at radius 2 is 2.06 bits per heavy atom. The first-order chi connectivity index (χ1) is 15.1. The van der Waals surface area contributed by atoms with Gasteiger partial charge in [0.1, 0.15) is 0 Å². The van der Waals surface area contributed by atoms with Crippen molar-refractivity contribution in [1.82, 2.24) is 19.7 Å². The molecule has 0 bridgehead atoms. The van der Waals surface area contributed by atoms with Gasteiger partial charge in [0.25, 0.3) is 0 Å². The lowest BCUT2D eigenvalue weighted by atomic mass is 10.2. The summed E-state index contributed by atoms with van der Waals surface area (Å²) in [4.78, 5) is 25.9. The number of aromatic nitrogens is 3. The summed E-state index contributed by atoms with van der Waals surface area (Å²) in [5.74, 6) is 1.68. The van der Waals surface area contributed by atoms with Crippen molar-refractivity contribution in [2.45, 2.75) is 25.4 Å². The molecule has 0 unspecified atom stereocenters. The summed E-state index contributed by atoms with van der Waals surface area (Å²) in [6.45, 7) is 0.618. The summed E-state index contributed by atoms with van der Waals surface area (Å²) in [6, 6.07) is 9.56. The molecule has 0 radical (unpaired) electrons. The molecule has 3 aromatic rings. The smallest absolute Gasteiger partial charge is 0.346 e. The van der Waals surface area contributed by atoms with E-state index in [4.69, 9.17) is 9.47 Å². The molecule has 1 fully saturated rings. The first-order valence-corrected chi connectivity index (χ1v) is 10.9. The summed E-state index contributed by atoms with van der Waals surface area (Å²) in [6.07, 6.45) is 5.15. The summed E-state index contributed by atoms with van der Waals surface area (Å²) in [7, 11) is 3.14. The van der Waals surface area contributed by atoms with Crippen molar-refractivity contribution in [3.05, 3.63) is 57.8 Å². The van der Waals surface area contributed by atoms with E-state index in [0.29, 0.717) is 30.4 Å². The van der Waals surface area contributed by atoms with Crippen molar-refractivity contribution in [3.8, 4) is 22.2 Å². The average Bonchev–Trinajstić information content (AvgIpc) is 3.36. The fourth-order valence-electron chi connectivity index (χ4n) is 3.27. The average molecular weight is 441 g/mol. The van der Waals surface area contributed by atoms with Crippen LogP contribution in [-0.2, 0) is 11.3 Å². The number of hydrogen-bond donors (Lipinski definition) is 1. The van der Waals surface area contributed by atoms with Gasteiger partial charge in [-0.15, -0.1) is 16.4 Å². The molecule has 162 valence electrons. The zero-order valence-corrected chi connectivity index (χ0v) is 18.2. The molecule has 1 amide bonds. The molecule has 8 nitrogen and oxygen atoms in total. The molecule has 1 saturated carbocycles. The van der Waals surface area contributed by atoms with Gasteiger partial charge < -0.3 is 14.8 Å². The van der Waals surface area contributed by atoms with E-state index < -0.39 is 0 Å². The van der Waals surface area contributed by atoms with Gasteiger partial charge in [-0.2, -0.15) is 0 Å². The molecule has 0 atom stereocenters. The molecule has 9 heteroatoms. The van der Waals surface area contributed by atoms with Crippen LogP contribution in [0.3, 0.4) is 0 Å². The maximum absolute atomic E-state index is 12.8. The number of benzene rings is 1. The van der Waals surface area contributed by atoms with E-state index >= 15 is 0 Å². The molecule has 31 heavy (non-hydrogen) atoms. The monoisotopic (exact) mass is 440 g/mol. The van der Waals surface area contributed by atoms with Gasteiger partial charge in [0.15, 0.2) is 17.3 Å². The minimum absolute atomic E-state index is 0.124. The number of ether oxygens (including phenoxy) is 2. The molecular weight excluding hydrogens is 416 g/mol. The van der Waals surface area contributed by atoms with E-state index in [9.17, 15) is 9.59 Å². The predicted molar refractivity (Wildman–Crippen MR) is 120 cm³/mol. The van der Waals surface area contributed by atoms with Gasteiger partial charge in [-0.05, 0) is 48.1 Å². The van der Waals surface area contributed by atoms with Gasteiger partial charge in [-0.1, -0.05) is 12.1 Å². The van der Waals surface area contributed by atoms with E-state index in [1.54, 1.807) is 48.3 Å². The molecule has 1 aromatic carbocycles. The Morgan fingerprint density at radius 1 is 1.26 bits per heavy atom. The van der Waals surface area contributed by atoms with E-state index in [2.05, 4.69) is 10.4 Å². The Balaban J connectivity index is 1.37. The molecule has 0 aliphatic heterocycles. The van der Waals surface area contributed by atoms with Gasteiger partial charge in [0.2, 0.25) is 5.91 Å². The molecule has 1 aliphatic carbocycles. The van der Waals surface area contributed by atoms with Crippen LogP contribution in [0.5, 0.6) is 11.5 Å². The highest BCUT2D eigenvalue weighted by atomic mass is 32.1. The van der Waals surface area contributed by atoms with Crippen molar-refractivity contribution >= 4 is 23.3 Å².